The molecule has 0 saturated carbocycles. The number of benzene rings is 2. The summed E-state index contributed by atoms with van der Waals surface area (Å²) in [5.41, 5.74) is 5.48. The Morgan fingerprint density at radius 1 is 1.11 bits per heavy atom. The second-order valence-electron chi connectivity index (χ2n) is 8.87. The van der Waals surface area contributed by atoms with Gasteiger partial charge in [0.1, 0.15) is 0 Å². The number of aromatic nitrogens is 3. The van der Waals surface area contributed by atoms with Crippen LogP contribution in [0.15, 0.2) is 79.0 Å². The Kier molecular flexibility index (Phi) is 7.72. The number of hydrogen-bond donors (Lipinski definition) is 1. The van der Waals surface area contributed by atoms with E-state index in [1.165, 1.54) is 13.1 Å². The predicted molar refractivity (Wildman–Crippen MR) is 150 cm³/mol. The van der Waals surface area contributed by atoms with E-state index in [4.69, 9.17) is 8.85 Å². The zero-order valence-electron chi connectivity index (χ0n) is 24.6. The van der Waals surface area contributed by atoms with Crippen LogP contribution in [0.2, 0.25) is 0 Å². The minimum Gasteiger partial charge on any atom is -0.478 e. The summed E-state index contributed by atoms with van der Waals surface area (Å²) in [6.45, 7) is 0.104. The maximum Gasteiger partial charge on any atom is 0.245 e. The third-order valence-electron chi connectivity index (χ3n) is 6.20. The van der Waals surface area contributed by atoms with Crippen molar-refractivity contribution in [3.63, 3.8) is 0 Å². The molecule has 1 amide bonds. The Bertz CT molecular complexity index is 1530. The number of nitrogens with zero attached hydrogens (tertiary/aromatic N) is 3. The largest absolute Gasteiger partial charge is 0.478 e. The summed E-state index contributed by atoms with van der Waals surface area (Å²) in [7, 11) is 1.26. The number of unbranched alkanes of at least 4 members (excludes halogenated alkanes) is 2. The molecule has 2 aromatic heterocycles. The first-order valence-electron chi connectivity index (χ1n) is 14.1. The zero-order valence-corrected chi connectivity index (χ0v) is 21.6. The highest BCUT2D eigenvalue weighted by molar-refractivity contribution is 6.00. The van der Waals surface area contributed by atoms with Crippen LogP contribution in [0.1, 0.15) is 53.4 Å². The summed E-state index contributed by atoms with van der Waals surface area (Å²) in [6.07, 6.45) is 7.65. The topological polar surface area (TPSA) is 71.1 Å². The van der Waals surface area contributed by atoms with Crippen molar-refractivity contribution in [1.29, 1.82) is 0 Å². The molecule has 4 aromatic rings. The fraction of sp³-hybridized carbons (Fsp3) is 0.258. The summed E-state index contributed by atoms with van der Waals surface area (Å²) >= 11 is 0. The molecule has 0 saturated heterocycles. The molecule has 0 aliphatic rings. The van der Waals surface area contributed by atoms with Crippen molar-refractivity contribution < 1.29 is 18.0 Å². The van der Waals surface area contributed by atoms with Gasteiger partial charge in [-0.05, 0) is 72.2 Å². The maximum atomic E-state index is 14.4. The molecule has 0 bridgehead atoms. The molecule has 0 aliphatic heterocycles. The number of H-pyrrole nitrogens is 1. The molecular formula is C31H33FN4O2. The van der Waals surface area contributed by atoms with Crippen molar-refractivity contribution in [2.75, 3.05) is 20.6 Å². The van der Waals surface area contributed by atoms with Crippen molar-refractivity contribution in [2.24, 2.45) is 0 Å². The number of carbonyl (C=O) groups is 1. The molecule has 0 unspecified atom stereocenters. The first-order valence-corrected chi connectivity index (χ1v) is 12.6. The molecule has 2 aromatic carbocycles. The average molecular weight is 516 g/mol. The minimum atomic E-state index is -2.45. The number of pyridine rings is 1. The molecular weight excluding hydrogens is 479 g/mol. The van der Waals surface area contributed by atoms with Crippen LogP contribution in [0.25, 0.3) is 22.0 Å². The number of fused-ring (bicyclic) bond motifs is 1. The van der Waals surface area contributed by atoms with Gasteiger partial charge in [0.25, 0.3) is 0 Å². The van der Waals surface area contributed by atoms with Gasteiger partial charge in [-0.25, -0.2) is 4.98 Å². The van der Waals surface area contributed by atoms with Crippen LogP contribution in [0.3, 0.4) is 0 Å². The van der Waals surface area contributed by atoms with Crippen molar-refractivity contribution in [1.82, 2.24) is 20.1 Å². The van der Waals surface area contributed by atoms with Gasteiger partial charge in [0, 0.05) is 36.0 Å². The Balaban J connectivity index is 1.45. The normalized spacial score (nSPS) is 13.6. The molecule has 0 spiro atoms. The van der Waals surface area contributed by atoms with Crippen molar-refractivity contribution in [2.45, 2.75) is 32.6 Å². The Hall–Kier alpha value is -4.26. The second-order valence-corrected chi connectivity index (χ2v) is 8.87. The first-order chi connectivity index (χ1) is 19.7. The van der Waals surface area contributed by atoms with Crippen LogP contribution in [0, 0.1) is 5.95 Å². The predicted octanol–water partition coefficient (Wildman–Crippen LogP) is 6.66. The van der Waals surface area contributed by atoms with Crippen LogP contribution in [0.5, 0.6) is 5.88 Å². The van der Waals surface area contributed by atoms with Crippen LogP contribution in [0.4, 0.5) is 4.39 Å². The van der Waals surface area contributed by atoms with Gasteiger partial charge in [0.15, 0.2) is 0 Å². The smallest absolute Gasteiger partial charge is 0.245 e. The molecule has 0 aliphatic carbocycles. The van der Waals surface area contributed by atoms with E-state index in [-0.39, 0.29) is 0 Å². The van der Waals surface area contributed by atoms with E-state index in [1.807, 2.05) is 48.5 Å². The first kappa shape index (κ1) is 22.9. The van der Waals surface area contributed by atoms with Gasteiger partial charge in [-0.2, -0.15) is 9.49 Å². The van der Waals surface area contributed by atoms with Gasteiger partial charge in [0.05, 0.1) is 17.5 Å². The van der Waals surface area contributed by atoms with Crippen LogP contribution in [-0.2, 0) is 4.79 Å². The van der Waals surface area contributed by atoms with Crippen molar-refractivity contribution >= 4 is 28.0 Å². The number of rotatable bonds is 11. The van der Waals surface area contributed by atoms with Gasteiger partial charge >= 0.3 is 0 Å². The number of amides is 1. The molecule has 0 radical (unpaired) electrons. The minimum absolute atomic E-state index is 0.430. The van der Waals surface area contributed by atoms with Crippen LogP contribution in [-0.4, -0.2) is 46.6 Å². The van der Waals surface area contributed by atoms with Crippen molar-refractivity contribution in [3.05, 3.63) is 102 Å². The lowest BCUT2D eigenvalue weighted by atomic mass is 9.88. The molecule has 38 heavy (non-hydrogen) atoms. The number of aromatic amines is 1. The molecule has 6 nitrogen and oxygen atoms in total. The van der Waals surface area contributed by atoms with Gasteiger partial charge < -0.3 is 9.64 Å². The number of ether oxygens (including phenoxy) is 1. The van der Waals surface area contributed by atoms with E-state index in [9.17, 15) is 9.18 Å². The third kappa shape index (κ3) is 6.54. The number of allylic oxidation sites excluding steroid dienone is 2. The summed E-state index contributed by atoms with van der Waals surface area (Å²) in [4.78, 5) is 17.1. The molecule has 0 fully saturated rings. The van der Waals surface area contributed by atoms with Crippen LogP contribution < -0.4 is 4.74 Å². The van der Waals surface area contributed by atoms with Gasteiger partial charge in [-0.1, -0.05) is 49.4 Å². The van der Waals surface area contributed by atoms with Crippen molar-refractivity contribution in [3.8, 4) is 5.88 Å². The number of nitrogens with one attached hydrogen (secondary N) is 1. The maximum absolute atomic E-state index is 14.4. The molecule has 2 heterocycles. The lowest BCUT2D eigenvalue weighted by Gasteiger charge is -2.16. The lowest BCUT2D eigenvalue weighted by molar-refractivity contribution is -0.123. The highest BCUT2D eigenvalue weighted by Crippen LogP contribution is 2.35. The van der Waals surface area contributed by atoms with Gasteiger partial charge in [0.2, 0.25) is 17.7 Å². The SMILES string of the molecule is [2H]C([2H])([2H])N(C)C(=O)/C=C/CCCCOc1ccc(/C(=C(/CC)c2ccccc2)c2ccc3n[nH]c(F)c3c2)cn1. The summed E-state index contributed by atoms with van der Waals surface area (Å²) < 4.78 is 42.0. The van der Waals surface area contributed by atoms with E-state index in [2.05, 4.69) is 34.2 Å². The van der Waals surface area contributed by atoms with E-state index in [0.29, 0.717) is 29.8 Å². The second kappa shape index (κ2) is 12.8. The van der Waals surface area contributed by atoms with Gasteiger partial charge in [-0.3, -0.25) is 9.89 Å². The van der Waals surface area contributed by atoms with E-state index in [0.717, 1.165) is 52.0 Å². The lowest BCUT2D eigenvalue weighted by Crippen LogP contribution is -2.18. The van der Waals surface area contributed by atoms with E-state index in [1.54, 1.807) is 12.3 Å². The van der Waals surface area contributed by atoms with Crippen LogP contribution >= 0.6 is 0 Å². The number of likely N-dealkylation sites (N-methyl/N-ethyl adjacent to an activating group) is 1. The monoisotopic (exact) mass is 515 g/mol. The van der Waals surface area contributed by atoms with Gasteiger partial charge in [-0.15, -0.1) is 0 Å². The Labute approximate surface area is 227 Å². The zero-order chi connectivity index (χ0) is 29.4. The fourth-order valence-corrected chi connectivity index (χ4v) is 4.26. The molecule has 1 N–H and O–H groups in total. The Morgan fingerprint density at radius 2 is 1.92 bits per heavy atom. The molecule has 4 rings (SSSR count). The summed E-state index contributed by atoms with van der Waals surface area (Å²) in [5, 5.41) is 6.86. The number of carbonyl (C=O) groups excluding carboxylic acids is 1. The molecule has 196 valence electrons. The van der Waals surface area contributed by atoms with E-state index < -0.39 is 18.8 Å². The fourth-order valence-electron chi connectivity index (χ4n) is 4.26. The number of hydrogen-bond acceptors (Lipinski definition) is 4. The Morgan fingerprint density at radius 3 is 2.66 bits per heavy atom. The third-order valence-corrected chi connectivity index (χ3v) is 6.20. The molecule has 7 heteroatoms. The highest BCUT2D eigenvalue weighted by Gasteiger charge is 2.16. The summed E-state index contributed by atoms with van der Waals surface area (Å²) in [5.74, 6) is -0.523. The summed E-state index contributed by atoms with van der Waals surface area (Å²) in [6, 6.07) is 19.5. The number of halogens is 1. The quantitative estimate of drug-likeness (QED) is 0.138. The average Bonchev–Trinajstić information content (AvgIpc) is 3.35. The standard InChI is InChI=1S/C31H33FN4O2/c1-4-25(22-12-8-7-9-13-22)30(23-15-17-27-26(20-23)31(32)35-34-27)24-16-18-28(33-21-24)38-19-11-6-5-10-14-29(37)36(2)3/h7-10,12-18,20-21H,4-6,11,19H2,1-3H3,(H,34,35)/b14-10+,30-25-/i2D3. The molecule has 0 atom stereocenters. The highest BCUT2D eigenvalue weighted by atomic mass is 19.1. The van der Waals surface area contributed by atoms with E-state index >= 15 is 0 Å².